The van der Waals surface area contributed by atoms with Gasteiger partial charge in [0.15, 0.2) is 0 Å². The first-order chi connectivity index (χ1) is 7.06. The molecular formula is C11H14N2O2. The van der Waals surface area contributed by atoms with Crippen LogP contribution >= 0.6 is 0 Å². The van der Waals surface area contributed by atoms with Gasteiger partial charge >= 0.3 is 5.97 Å². The van der Waals surface area contributed by atoms with Gasteiger partial charge in [0, 0.05) is 12.2 Å². The minimum Gasteiger partial charge on any atom is -0.478 e. The molecule has 0 saturated carbocycles. The van der Waals surface area contributed by atoms with Crippen LogP contribution in [0.1, 0.15) is 21.7 Å². The van der Waals surface area contributed by atoms with Gasteiger partial charge in [-0.1, -0.05) is 6.08 Å². The van der Waals surface area contributed by atoms with Gasteiger partial charge in [0.25, 0.3) is 0 Å². The van der Waals surface area contributed by atoms with Gasteiger partial charge in [-0.05, 0) is 19.9 Å². The van der Waals surface area contributed by atoms with Gasteiger partial charge in [0.2, 0.25) is 0 Å². The number of anilines is 1. The highest BCUT2D eigenvalue weighted by Gasteiger charge is 2.14. The standard InChI is InChI=1S/C11H14N2O2/c1-4-5-12-9-6-7(2)13-8(3)10(9)11(14)15/h4,6H,1,5H2,2-3H3,(H,12,13)(H,14,15). The first-order valence-corrected chi connectivity index (χ1v) is 4.62. The molecule has 0 aromatic carbocycles. The molecule has 4 nitrogen and oxygen atoms in total. The van der Waals surface area contributed by atoms with Crippen molar-refractivity contribution in [3.63, 3.8) is 0 Å². The summed E-state index contributed by atoms with van der Waals surface area (Å²) in [5.74, 6) is -0.966. The highest BCUT2D eigenvalue weighted by Crippen LogP contribution is 2.19. The summed E-state index contributed by atoms with van der Waals surface area (Å²) in [4.78, 5) is 15.1. The summed E-state index contributed by atoms with van der Waals surface area (Å²) in [7, 11) is 0. The van der Waals surface area contributed by atoms with Gasteiger partial charge in [0.1, 0.15) is 5.56 Å². The summed E-state index contributed by atoms with van der Waals surface area (Å²) >= 11 is 0. The van der Waals surface area contributed by atoms with E-state index in [1.807, 2.05) is 6.92 Å². The zero-order chi connectivity index (χ0) is 11.4. The van der Waals surface area contributed by atoms with Crippen molar-refractivity contribution >= 4 is 11.7 Å². The molecule has 1 aromatic heterocycles. The number of carbonyl (C=O) groups is 1. The molecule has 1 rings (SSSR count). The largest absolute Gasteiger partial charge is 0.478 e. The van der Waals surface area contributed by atoms with Gasteiger partial charge in [0.05, 0.1) is 11.4 Å². The molecule has 0 spiro atoms. The molecule has 1 heterocycles. The summed E-state index contributed by atoms with van der Waals surface area (Å²) in [6.45, 7) is 7.62. The summed E-state index contributed by atoms with van der Waals surface area (Å²) in [6, 6.07) is 1.72. The van der Waals surface area contributed by atoms with E-state index in [1.54, 1.807) is 19.1 Å². The van der Waals surface area contributed by atoms with Crippen LogP contribution in [0, 0.1) is 13.8 Å². The SMILES string of the molecule is C=CCNc1cc(C)nc(C)c1C(=O)O. The van der Waals surface area contributed by atoms with Crippen molar-refractivity contribution in [1.29, 1.82) is 0 Å². The van der Waals surface area contributed by atoms with Crippen LogP contribution in [0.2, 0.25) is 0 Å². The van der Waals surface area contributed by atoms with Gasteiger partial charge in [-0.2, -0.15) is 0 Å². The molecule has 0 radical (unpaired) electrons. The molecule has 0 aliphatic heterocycles. The molecule has 2 N–H and O–H groups in total. The summed E-state index contributed by atoms with van der Waals surface area (Å²) in [5.41, 5.74) is 2.13. The number of carboxylic acid groups (broad SMARTS) is 1. The molecule has 4 heteroatoms. The second kappa shape index (κ2) is 4.59. The van der Waals surface area contributed by atoms with Gasteiger partial charge in [-0.25, -0.2) is 4.79 Å². The lowest BCUT2D eigenvalue weighted by Gasteiger charge is -2.10. The van der Waals surface area contributed by atoms with E-state index in [9.17, 15) is 4.79 Å². The number of nitrogens with zero attached hydrogens (tertiary/aromatic N) is 1. The molecule has 0 atom stereocenters. The highest BCUT2D eigenvalue weighted by atomic mass is 16.4. The van der Waals surface area contributed by atoms with E-state index in [4.69, 9.17) is 5.11 Å². The predicted octanol–water partition coefficient (Wildman–Crippen LogP) is 1.99. The van der Waals surface area contributed by atoms with Crippen LogP contribution in [0.5, 0.6) is 0 Å². The van der Waals surface area contributed by atoms with E-state index < -0.39 is 5.97 Å². The van der Waals surface area contributed by atoms with Crippen LogP contribution in [0.25, 0.3) is 0 Å². The van der Waals surface area contributed by atoms with E-state index in [0.29, 0.717) is 17.9 Å². The van der Waals surface area contributed by atoms with Gasteiger partial charge in [-0.15, -0.1) is 6.58 Å². The molecule has 15 heavy (non-hydrogen) atoms. The molecule has 0 saturated heterocycles. The quantitative estimate of drug-likeness (QED) is 0.739. The molecule has 0 aliphatic carbocycles. The summed E-state index contributed by atoms with van der Waals surface area (Å²) in [6.07, 6.45) is 1.68. The highest BCUT2D eigenvalue weighted by molar-refractivity contribution is 5.95. The third-order valence-corrected chi connectivity index (χ3v) is 1.98. The van der Waals surface area contributed by atoms with Crippen LogP contribution < -0.4 is 5.32 Å². The third kappa shape index (κ3) is 2.56. The first-order valence-electron chi connectivity index (χ1n) is 4.62. The molecule has 1 aromatic rings. The number of carboxylic acids is 1. The second-order valence-electron chi connectivity index (χ2n) is 3.25. The van der Waals surface area contributed by atoms with Gasteiger partial charge in [-0.3, -0.25) is 4.98 Å². The molecule has 0 aliphatic rings. The van der Waals surface area contributed by atoms with Crippen molar-refractivity contribution in [2.45, 2.75) is 13.8 Å². The molecule has 0 unspecified atom stereocenters. The molecule has 0 bridgehead atoms. The third-order valence-electron chi connectivity index (χ3n) is 1.98. The van der Waals surface area contributed by atoms with E-state index in [1.165, 1.54) is 0 Å². The van der Waals surface area contributed by atoms with Crippen molar-refractivity contribution in [2.24, 2.45) is 0 Å². The number of aromatic carboxylic acids is 1. The van der Waals surface area contributed by atoms with E-state index >= 15 is 0 Å². The monoisotopic (exact) mass is 206 g/mol. The van der Waals surface area contributed by atoms with E-state index in [0.717, 1.165) is 5.69 Å². The van der Waals surface area contributed by atoms with Crippen LogP contribution in [-0.4, -0.2) is 22.6 Å². The Morgan fingerprint density at radius 3 is 2.87 bits per heavy atom. The maximum atomic E-state index is 11.0. The van der Waals surface area contributed by atoms with Crippen molar-refractivity contribution in [2.75, 3.05) is 11.9 Å². The first kappa shape index (κ1) is 11.2. The van der Waals surface area contributed by atoms with E-state index in [2.05, 4.69) is 16.9 Å². The Kier molecular flexibility index (Phi) is 3.44. The number of hydrogen-bond donors (Lipinski definition) is 2. The Bertz CT molecular complexity index is 400. The van der Waals surface area contributed by atoms with Crippen LogP contribution in [-0.2, 0) is 0 Å². The Morgan fingerprint density at radius 1 is 1.67 bits per heavy atom. The van der Waals surface area contributed by atoms with Crippen molar-refractivity contribution in [1.82, 2.24) is 4.98 Å². The Hall–Kier alpha value is -1.84. The van der Waals surface area contributed by atoms with E-state index in [-0.39, 0.29) is 5.56 Å². The number of hydrogen-bond acceptors (Lipinski definition) is 3. The average molecular weight is 206 g/mol. The zero-order valence-corrected chi connectivity index (χ0v) is 8.87. The maximum Gasteiger partial charge on any atom is 0.339 e. The normalized spacial score (nSPS) is 9.73. The number of aromatic nitrogens is 1. The van der Waals surface area contributed by atoms with Crippen LogP contribution in [0.4, 0.5) is 5.69 Å². The van der Waals surface area contributed by atoms with Crippen LogP contribution in [0.3, 0.4) is 0 Å². The van der Waals surface area contributed by atoms with Crippen molar-refractivity contribution < 1.29 is 9.90 Å². The lowest BCUT2D eigenvalue weighted by atomic mass is 10.1. The molecular weight excluding hydrogens is 192 g/mol. The molecule has 0 fully saturated rings. The second-order valence-corrected chi connectivity index (χ2v) is 3.25. The van der Waals surface area contributed by atoms with Crippen molar-refractivity contribution in [3.8, 4) is 0 Å². The van der Waals surface area contributed by atoms with Crippen LogP contribution in [0.15, 0.2) is 18.7 Å². The van der Waals surface area contributed by atoms with Gasteiger partial charge < -0.3 is 10.4 Å². The minimum absolute atomic E-state index is 0.224. The number of rotatable bonds is 4. The zero-order valence-electron chi connectivity index (χ0n) is 8.87. The summed E-state index contributed by atoms with van der Waals surface area (Å²) < 4.78 is 0. The fourth-order valence-electron chi connectivity index (χ4n) is 1.42. The predicted molar refractivity (Wildman–Crippen MR) is 59.4 cm³/mol. The number of pyridine rings is 1. The smallest absolute Gasteiger partial charge is 0.339 e. The maximum absolute atomic E-state index is 11.0. The van der Waals surface area contributed by atoms with Crippen molar-refractivity contribution in [3.05, 3.63) is 35.7 Å². The number of aryl methyl sites for hydroxylation is 2. The summed E-state index contributed by atoms with van der Waals surface area (Å²) in [5, 5.41) is 12.0. The average Bonchev–Trinajstić information content (AvgIpc) is 2.12. The molecule has 80 valence electrons. The lowest BCUT2D eigenvalue weighted by molar-refractivity contribution is 0.0696. The fourth-order valence-corrected chi connectivity index (χ4v) is 1.42. The Labute approximate surface area is 88.7 Å². The topological polar surface area (TPSA) is 62.2 Å². The Balaban J connectivity index is 3.20. The fraction of sp³-hybridized carbons (Fsp3) is 0.273. The molecule has 0 amide bonds. The minimum atomic E-state index is -0.966. The number of nitrogens with one attached hydrogen (secondary N) is 1. The lowest BCUT2D eigenvalue weighted by Crippen LogP contribution is -2.10. The Morgan fingerprint density at radius 2 is 2.33 bits per heavy atom.